The van der Waals surface area contributed by atoms with Gasteiger partial charge in [-0.3, -0.25) is 4.79 Å². The molecule has 2 aromatic rings. The van der Waals surface area contributed by atoms with Crippen molar-refractivity contribution in [3.63, 3.8) is 0 Å². The van der Waals surface area contributed by atoms with E-state index in [1.807, 2.05) is 5.92 Å². The van der Waals surface area contributed by atoms with Gasteiger partial charge in [-0.15, -0.1) is 6.42 Å². The van der Waals surface area contributed by atoms with E-state index >= 15 is 0 Å². The second kappa shape index (κ2) is 8.50. The van der Waals surface area contributed by atoms with E-state index in [9.17, 15) is 29.4 Å². The number of hydrogen-bond acceptors (Lipinski definition) is 6. The molecule has 1 aromatic heterocycles. The minimum atomic E-state index is -1.49. The molecule has 0 bridgehead atoms. The van der Waals surface area contributed by atoms with E-state index < -0.39 is 41.0 Å². The smallest absolute Gasteiger partial charge is 0.337 e. The fourth-order valence-corrected chi connectivity index (χ4v) is 2.46. The van der Waals surface area contributed by atoms with Crippen molar-refractivity contribution < 1.29 is 34.1 Å². The van der Waals surface area contributed by atoms with E-state index in [2.05, 4.69) is 20.0 Å². The topological polar surface area (TPSA) is 159 Å². The number of aromatic amines is 1. The quantitative estimate of drug-likeness (QED) is 0.391. The summed E-state index contributed by atoms with van der Waals surface area (Å²) in [6.45, 7) is 0. The van der Waals surface area contributed by atoms with Gasteiger partial charge in [0.15, 0.2) is 0 Å². The highest BCUT2D eigenvalue weighted by Crippen LogP contribution is 2.18. The molecule has 1 amide bonds. The third-order valence-corrected chi connectivity index (χ3v) is 3.78. The molecule has 144 valence electrons. The van der Waals surface area contributed by atoms with Crippen LogP contribution in [0.3, 0.4) is 0 Å². The molecule has 0 saturated carbocycles. The van der Waals surface area contributed by atoms with Gasteiger partial charge in [-0.25, -0.2) is 19.4 Å². The monoisotopic (exact) mass is 385 g/mol. The molecule has 28 heavy (non-hydrogen) atoms. The van der Waals surface area contributed by atoms with Crippen LogP contribution >= 0.6 is 0 Å². The van der Waals surface area contributed by atoms with Crippen molar-refractivity contribution >= 4 is 23.8 Å². The molecule has 0 radical (unpaired) electrons. The average molecular weight is 385 g/mol. The molecule has 0 aliphatic carbocycles. The molecular formula is C18H15N3O7. The van der Waals surface area contributed by atoms with Gasteiger partial charge in [0.05, 0.1) is 30.1 Å². The highest BCUT2D eigenvalue weighted by Gasteiger charge is 2.26. The molecule has 0 unspecified atom stereocenters. The summed E-state index contributed by atoms with van der Waals surface area (Å²) >= 11 is 0. The number of H-pyrrole nitrogens is 1. The van der Waals surface area contributed by atoms with E-state index in [0.29, 0.717) is 5.69 Å². The number of nitrogens with zero attached hydrogens (tertiary/aromatic N) is 1. The van der Waals surface area contributed by atoms with Crippen molar-refractivity contribution in [3.8, 4) is 12.3 Å². The Bertz CT molecular complexity index is 939. The van der Waals surface area contributed by atoms with E-state index in [4.69, 9.17) is 6.42 Å². The van der Waals surface area contributed by atoms with Gasteiger partial charge in [0.1, 0.15) is 6.04 Å². The van der Waals surface area contributed by atoms with Crippen molar-refractivity contribution in [2.45, 2.75) is 12.5 Å². The number of ether oxygens (including phenoxy) is 1. The molecule has 0 aliphatic rings. The van der Waals surface area contributed by atoms with Gasteiger partial charge in [0.25, 0.3) is 5.91 Å². The van der Waals surface area contributed by atoms with E-state index in [-0.39, 0.29) is 17.5 Å². The molecular weight excluding hydrogens is 370 g/mol. The Hall–Kier alpha value is -4.13. The van der Waals surface area contributed by atoms with E-state index in [1.165, 1.54) is 12.5 Å². The Morgan fingerprint density at radius 3 is 2.29 bits per heavy atom. The number of aromatic carboxylic acids is 2. The zero-order valence-electron chi connectivity index (χ0n) is 14.6. The minimum absolute atomic E-state index is 0.0262. The Kier molecular flexibility index (Phi) is 6.13. The number of terminal acetylenes is 1. The number of carbonyl (C=O) groups excluding carboxylic acids is 2. The van der Waals surface area contributed by atoms with Crippen LogP contribution in [0.4, 0.5) is 0 Å². The van der Waals surface area contributed by atoms with Crippen molar-refractivity contribution in [1.29, 1.82) is 0 Å². The third kappa shape index (κ3) is 4.34. The molecule has 4 N–H and O–H groups in total. The summed E-state index contributed by atoms with van der Waals surface area (Å²) in [4.78, 5) is 54.0. The molecule has 1 atom stereocenters. The SMILES string of the molecule is C#Cc1c(C(=O)O)cc(C(=O)N[C@H](Cc2cnc[nH]2)C(=O)OC)cc1C(=O)O. The first-order valence-corrected chi connectivity index (χ1v) is 7.75. The van der Waals surface area contributed by atoms with Crippen molar-refractivity contribution in [3.05, 3.63) is 52.6 Å². The average Bonchev–Trinajstić information content (AvgIpc) is 3.18. The van der Waals surface area contributed by atoms with Crippen LogP contribution in [0, 0.1) is 12.3 Å². The van der Waals surface area contributed by atoms with Crippen LogP contribution in [0.2, 0.25) is 0 Å². The number of carboxylic acids is 2. The minimum Gasteiger partial charge on any atom is -0.478 e. The van der Waals surface area contributed by atoms with Crippen LogP contribution < -0.4 is 5.32 Å². The molecule has 1 aromatic carbocycles. The first-order chi connectivity index (χ1) is 13.3. The van der Waals surface area contributed by atoms with Gasteiger partial charge in [-0.2, -0.15) is 0 Å². The number of aromatic nitrogens is 2. The van der Waals surface area contributed by atoms with Gasteiger partial charge in [0.2, 0.25) is 0 Å². The maximum atomic E-state index is 12.6. The lowest BCUT2D eigenvalue weighted by atomic mass is 9.97. The Morgan fingerprint density at radius 2 is 1.86 bits per heavy atom. The van der Waals surface area contributed by atoms with Crippen LogP contribution in [-0.2, 0) is 16.0 Å². The summed E-state index contributed by atoms with van der Waals surface area (Å²) in [6.07, 6.45) is 8.09. The normalized spacial score (nSPS) is 11.1. The van der Waals surface area contributed by atoms with Crippen molar-refractivity contribution in [2.24, 2.45) is 0 Å². The van der Waals surface area contributed by atoms with Crippen LogP contribution in [0.15, 0.2) is 24.7 Å². The van der Waals surface area contributed by atoms with E-state index in [0.717, 1.165) is 19.2 Å². The van der Waals surface area contributed by atoms with Crippen LogP contribution in [0.5, 0.6) is 0 Å². The lowest BCUT2D eigenvalue weighted by Gasteiger charge is -2.16. The molecule has 0 fully saturated rings. The fourth-order valence-electron chi connectivity index (χ4n) is 2.46. The predicted octanol–water partition coefficient (Wildman–Crippen LogP) is 0.301. The first-order valence-electron chi connectivity index (χ1n) is 7.75. The number of esters is 1. The Morgan fingerprint density at radius 1 is 1.25 bits per heavy atom. The number of amides is 1. The molecule has 0 saturated heterocycles. The Balaban J connectivity index is 2.41. The number of nitrogens with one attached hydrogen (secondary N) is 2. The third-order valence-electron chi connectivity index (χ3n) is 3.78. The van der Waals surface area contributed by atoms with Gasteiger partial charge >= 0.3 is 17.9 Å². The van der Waals surface area contributed by atoms with E-state index in [1.54, 1.807) is 0 Å². The Labute approximate surface area is 158 Å². The number of methoxy groups -OCH3 is 1. The highest BCUT2D eigenvalue weighted by atomic mass is 16.5. The fraction of sp³-hybridized carbons (Fsp3) is 0.167. The second-order valence-electron chi connectivity index (χ2n) is 5.53. The standard InChI is InChI=1S/C18H15N3O7/c1-3-11-12(16(23)24)4-9(5-13(11)17(25)26)15(22)21-14(18(27)28-2)6-10-7-19-8-20-10/h1,4-5,7-8,14H,6H2,2H3,(H,19,20)(H,21,22)(H,23,24)(H,25,26)/t14-/m1/s1. The molecule has 10 nitrogen and oxygen atoms in total. The summed E-state index contributed by atoms with van der Waals surface area (Å²) in [5.41, 5.74) is -1.15. The summed E-state index contributed by atoms with van der Waals surface area (Å²) in [7, 11) is 1.14. The molecule has 0 spiro atoms. The van der Waals surface area contributed by atoms with Gasteiger partial charge in [-0.1, -0.05) is 5.92 Å². The molecule has 2 rings (SSSR count). The van der Waals surface area contributed by atoms with Crippen LogP contribution in [0.25, 0.3) is 0 Å². The number of rotatable bonds is 7. The second-order valence-corrected chi connectivity index (χ2v) is 5.53. The number of imidazole rings is 1. The van der Waals surface area contributed by atoms with Crippen molar-refractivity contribution in [1.82, 2.24) is 15.3 Å². The predicted molar refractivity (Wildman–Crippen MR) is 93.9 cm³/mol. The van der Waals surface area contributed by atoms with Crippen LogP contribution in [0.1, 0.15) is 42.3 Å². The van der Waals surface area contributed by atoms with Crippen molar-refractivity contribution in [2.75, 3.05) is 7.11 Å². The summed E-state index contributed by atoms with van der Waals surface area (Å²) in [6, 6.07) is 0.778. The number of hydrogen-bond donors (Lipinski definition) is 4. The zero-order chi connectivity index (χ0) is 20.8. The summed E-state index contributed by atoms with van der Waals surface area (Å²) in [5.74, 6) is -2.60. The number of carbonyl (C=O) groups is 4. The van der Waals surface area contributed by atoms with Gasteiger partial charge in [0, 0.05) is 23.9 Å². The number of benzene rings is 1. The summed E-state index contributed by atoms with van der Waals surface area (Å²) in [5, 5.41) is 21.0. The highest BCUT2D eigenvalue weighted by molar-refractivity contribution is 6.04. The zero-order valence-corrected chi connectivity index (χ0v) is 14.6. The first kappa shape index (κ1) is 20.2. The molecule has 1 heterocycles. The lowest BCUT2D eigenvalue weighted by molar-refractivity contribution is -0.142. The number of carboxylic acid groups (broad SMARTS) is 2. The van der Waals surface area contributed by atoms with Gasteiger partial charge in [-0.05, 0) is 12.1 Å². The maximum absolute atomic E-state index is 12.6. The maximum Gasteiger partial charge on any atom is 0.337 e. The lowest BCUT2D eigenvalue weighted by Crippen LogP contribution is -2.43. The van der Waals surface area contributed by atoms with Gasteiger partial charge < -0.3 is 25.3 Å². The largest absolute Gasteiger partial charge is 0.478 e. The molecule has 10 heteroatoms. The molecule has 0 aliphatic heterocycles. The summed E-state index contributed by atoms with van der Waals surface area (Å²) < 4.78 is 4.66. The van der Waals surface area contributed by atoms with Crippen LogP contribution in [-0.4, -0.2) is 57.1 Å².